The van der Waals surface area contributed by atoms with Crippen LogP contribution in [-0.2, 0) is 9.53 Å². The molecule has 3 atom stereocenters. The van der Waals surface area contributed by atoms with E-state index >= 15 is 0 Å². The largest absolute Gasteiger partial charge is 0.452 e. The van der Waals surface area contributed by atoms with Gasteiger partial charge >= 0.3 is 5.97 Å². The van der Waals surface area contributed by atoms with Crippen LogP contribution in [0, 0.1) is 5.92 Å². The minimum absolute atomic E-state index is 0.119. The third-order valence-corrected chi connectivity index (χ3v) is 4.78. The lowest BCUT2D eigenvalue weighted by molar-refractivity contribution is -0.146. The van der Waals surface area contributed by atoms with Crippen molar-refractivity contribution in [3.05, 3.63) is 11.6 Å². The van der Waals surface area contributed by atoms with Gasteiger partial charge in [-0.3, -0.25) is 4.79 Å². The number of cyclic esters (lactones) is 1. The number of rotatable bonds is 9. The van der Waals surface area contributed by atoms with Gasteiger partial charge < -0.3 is 9.84 Å². The average molecular weight is 296 g/mol. The van der Waals surface area contributed by atoms with Gasteiger partial charge in [-0.2, -0.15) is 0 Å². The molecule has 1 fully saturated rings. The quantitative estimate of drug-likeness (QED) is 0.507. The molecule has 0 aromatic carbocycles. The fraction of sp³-hybridized carbons (Fsp3) is 0.833. The Hall–Kier alpha value is -0.830. The molecular weight excluding hydrogens is 264 g/mol. The molecule has 1 aliphatic rings. The van der Waals surface area contributed by atoms with E-state index in [2.05, 4.69) is 26.8 Å². The molecule has 3 nitrogen and oxygen atoms in total. The summed E-state index contributed by atoms with van der Waals surface area (Å²) in [6.07, 6.45) is 9.05. The van der Waals surface area contributed by atoms with Crippen LogP contribution in [-0.4, -0.2) is 22.8 Å². The summed E-state index contributed by atoms with van der Waals surface area (Å²) >= 11 is 0. The summed E-state index contributed by atoms with van der Waals surface area (Å²) in [4.78, 5) is 11.5. The first-order valence-electron chi connectivity index (χ1n) is 8.61. The molecule has 1 rings (SSSR count). The number of esters is 1. The molecule has 122 valence electrons. The van der Waals surface area contributed by atoms with Crippen molar-refractivity contribution in [1.29, 1.82) is 0 Å². The number of carbonyl (C=O) groups is 1. The Morgan fingerprint density at radius 3 is 2.57 bits per heavy atom. The van der Waals surface area contributed by atoms with Crippen LogP contribution in [0.3, 0.4) is 0 Å². The van der Waals surface area contributed by atoms with Crippen molar-refractivity contribution in [3.63, 3.8) is 0 Å². The maximum atomic E-state index is 11.5. The summed E-state index contributed by atoms with van der Waals surface area (Å²) in [5.74, 6) is 0.411. The van der Waals surface area contributed by atoms with Gasteiger partial charge in [0.1, 0.15) is 6.10 Å². The van der Waals surface area contributed by atoms with Gasteiger partial charge in [0.15, 0.2) is 5.60 Å². The molecule has 1 saturated heterocycles. The van der Waals surface area contributed by atoms with Crippen LogP contribution in [0.15, 0.2) is 11.6 Å². The number of hydrogen-bond acceptors (Lipinski definition) is 3. The highest BCUT2D eigenvalue weighted by atomic mass is 16.6. The molecule has 21 heavy (non-hydrogen) atoms. The van der Waals surface area contributed by atoms with E-state index in [4.69, 9.17) is 4.74 Å². The molecule has 0 saturated carbocycles. The monoisotopic (exact) mass is 296 g/mol. The minimum atomic E-state index is -0.786. The maximum absolute atomic E-state index is 11.5. The van der Waals surface area contributed by atoms with Gasteiger partial charge in [0, 0.05) is 0 Å². The van der Waals surface area contributed by atoms with Gasteiger partial charge in [0.25, 0.3) is 0 Å². The van der Waals surface area contributed by atoms with E-state index in [-0.39, 0.29) is 12.4 Å². The summed E-state index contributed by atoms with van der Waals surface area (Å²) in [7, 11) is 0. The van der Waals surface area contributed by atoms with Crippen molar-refractivity contribution in [2.75, 3.05) is 0 Å². The molecule has 0 spiro atoms. The fourth-order valence-electron chi connectivity index (χ4n) is 3.15. The first-order chi connectivity index (χ1) is 10.0. The molecule has 0 unspecified atom stereocenters. The molecule has 1 N–H and O–H groups in total. The normalized spacial score (nSPS) is 27.8. The zero-order valence-corrected chi connectivity index (χ0v) is 14.2. The Morgan fingerprint density at radius 2 is 2.14 bits per heavy atom. The van der Waals surface area contributed by atoms with E-state index in [0.717, 1.165) is 12.8 Å². The Morgan fingerprint density at radius 1 is 1.43 bits per heavy atom. The van der Waals surface area contributed by atoms with Gasteiger partial charge in [0.2, 0.25) is 0 Å². The van der Waals surface area contributed by atoms with E-state index < -0.39 is 11.7 Å². The second-order valence-corrected chi connectivity index (χ2v) is 6.28. The first kappa shape index (κ1) is 18.2. The summed E-state index contributed by atoms with van der Waals surface area (Å²) in [6, 6.07) is 0. The fourth-order valence-corrected chi connectivity index (χ4v) is 3.15. The summed E-state index contributed by atoms with van der Waals surface area (Å²) in [5, 5.41) is 10.2. The van der Waals surface area contributed by atoms with Crippen LogP contribution in [0.1, 0.15) is 79.1 Å². The molecule has 0 radical (unpaired) electrons. The van der Waals surface area contributed by atoms with Crippen LogP contribution in [0.2, 0.25) is 0 Å². The third-order valence-electron chi connectivity index (χ3n) is 4.78. The molecule has 1 heterocycles. The molecule has 0 amide bonds. The average Bonchev–Trinajstić information content (AvgIpc) is 2.76. The lowest BCUT2D eigenvalue weighted by Gasteiger charge is -2.28. The lowest BCUT2D eigenvalue weighted by atomic mass is 9.85. The highest BCUT2D eigenvalue weighted by Gasteiger charge is 2.45. The van der Waals surface area contributed by atoms with Gasteiger partial charge in [-0.25, -0.2) is 0 Å². The van der Waals surface area contributed by atoms with Gasteiger partial charge in [0.05, 0.1) is 6.42 Å². The molecule has 0 aromatic heterocycles. The highest BCUT2D eigenvalue weighted by molar-refractivity contribution is 5.74. The Labute approximate surface area is 129 Å². The molecular formula is C18H32O3. The number of aliphatic hydroxyl groups is 1. The van der Waals surface area contributed by atoms with Crippen LogP contribution in [0.4, 0.5) is 0 Å². The second kappa shape index (κ2) is 8.57. The van der Waals surface area contributed by atoms with Crippen LogP contribution in [0.25, 0.3) is 0 Å². The second-order valence-electron chi connectivity index (χ2n) is 6.28. The van der Waals surface area contributed by atoms with Crippen molar-refractivity contribution in [1.82, 2.24) is 0 Å². The summed E-state index contributed by atoms with van der Waals surface area (Å²) in [6.45, 7) is 8.59. The minimum Gasteiger partial charge on any atom is -0.452 e. The van der Waals surface area contributed by atoms with E-state index in [1.807, 2.05) is 6.92 Å². The van der Waals surface area contributed by atoms with Gasteiger partial charge in [-0.05, 0) is 31.3 Å². The van der Waals surface area contributed by atoms with Crippen molar-refractivity contribution in [2.45, 2.75) is 90.8 Å². The van der Waals surface area contributed by atoms with Crippen molar-refractivity contribution in [2.24, 2.45) is 5.92 Å². The highest BCUT2D eigenvalue weighted by Crippen LogP contribution is 2.35. The molecule has 0 aromatic rings. The summed E-state index contributed by atoms with van der Waals surface area (Å²) in [5.41, 5.74) is 0.527. The predicted octanol–water partition coefficient (Wildman–Crippen LogP) is 4.39. The number of ether oxygens (including phenoxy) is 1. The molecule has 3 heteroatoms. The number of carbonyl (C=O) groups excluding carboxylic acids is 1. The Kier molecular flexibility index (Phi) is 7.44. The number of aliphatic hydroxyl groups excluding tert-OH is 1. The Balaban J connectivity index is 2.83. The van der Waals surface area contributed by atoms with Crippen LogP contribution < -0.4 is 0 Å². The number of allylic oxidation sites excluding steroid dienone is 1. The van der Waals surface area contributed by atoms with E-state index in [0.29, 0.717) is 12.3 Å². The maximum Gasteiger partial charge on any atom is 0.309 e. The Bertz CT molecular complexity index is 361. The first-order valence-corrected chi connectivity index (χ1v) is 8.61. The standard InChI is InChI=1S/C18H32O3/c1-5-9-10-14(6-2)11-15(7-3)13-18(8-4)16(19)12-17(20)21-18/h13-14,16,19H,5-12H2,1-4H3/t14-,16-,18+/m0/s1. The van der Waals surface area contributed by atoms with E-state index in [9.17, 15) is 9.90 Å². The van der Waals surface area contributed by atoms with E-state index in [1.165, 1.54) is 31.3 Å². The molecule has 0 bridgehead atoms. The molecule has 0 aliphatic carbocycles. The van der Waals surface area contributed by atoms with Crippen molar-refractivity contribution < 1.29 is 14.6 Å². The van der Waals surface area contributed by atoms with E-state index in [1.54, 1.807) is 0 Å². The third kappa shape index (κ3) is 4.84. The summed E-state index contributed by atoms with van der Waals surface area (Å²) < 4.78 is 5.47. The number of hydrogen-bond donors (Lipinski definition) is 1. The van der Waals surface area contributed by atoms with Gasteiger partial charge in [-0.15, -0.1) is 0 Å². The lowest BCUT2D eigenvalue weighted by Crippen LogP contribution is -2.37. The van der Waals surface area contributed by atoms with Crippen molar-refractivity contribution >= 4 is 5.97 Å². The number of unbranched alkanes of at least 4 members (excludes halogenated alkanes) is 1. The van der Waals surface area contributed by atoms with Gasteiger partial charge in [-0.1, -0.05) is 59.0 Å². The topological polar surface area (TPSA) is 46.5 Å². The SMILES string of the molecule is CCCC[C@H](CC)CC(=C[C@@]1(CC)OC(=O)C[C@@H]1O)CC. The molecule has 1 aliphatic heterocycles. The zero-order chi connectivity index (χ0) is 15.9. The predicted molar refractivity (Wildman–Crippen MR) is 86.0 cm³/mol. The van der Waals surface area contributed by atoms with Crippen molar-refractivity contribution in [3.8, 4) is 0 Å². The zero-order valence-electron chi connectivity index (χ0n) is 14.2. The van der Waals surface area contributed by atoms with Crippen LogP contribution in [0.5, 0.6) is 0 Å². The smallest absolute Gasteiger partial charge is 0.309 e. The van der Waals surface area contributed by atoms with Crippen LogP contribution >= 0.6 is 0 Å².